The molecule has 0 fully saturated rings. The summed E-state index contributed by atoms with van der Waals surface area (Å²) in [5.41, 5.74) is 12.4. The summed E-state index contributed by atoms with van der Waals surface area (Å²) < 4.78 is 0. The van der Waals surface area contributed by atoms with E-state index in [1.54, 1.807) is 0 Å². The van der Waals surface area contributed by atoms with Gasteiger partial charge >= 0.3 is 0 Å². The standard InChI is InChI=1S/C24H28O/c1-13-8-9-20(22-12-14(2)10-15(3)24(22)25)21(11-13)23-18(6)16(4)17(5)19(23)7/h8-12,23,25H,1-7H3. The summed E-state index contributed by atoms with van der Waals surface area (Å²) in [6, 6.07) is 10.7. The minimum Gasteiger partial charge on any atom is -0.507 e. The molecule has 0 aliphatic heterocycles. The van der Waals surface area contributed by atoms with Crippen LogP contribution in [-0.2, 0) is 0 Å². The van der Waals surface area contributed by atoms with E-state index in [9.17, 15) is 5.11 Å². The predicted octanol–water partition coefficient (Wildman–Crippen LogP) is 6.75. The fourth-order valence-electron chi connectivity index (χ4n) is 4.15. The molecule has 1 N–H and O–H groups in total. The van der Waals surface area contributed by atoms with Crippen LogP contribution in [0.5, 0.6) is 5.75 Å². The average Bonchev–Trinajstić information content (AvgIpc) is 2.74. The molecule has 0 spiro atoms. The first-order chi connectivity index (χ1) is 11.7. The van der Waals surface area contributed by atoms with Crippen LogP contribution in [0.2, 0.25) is 0 Å². The van der Waals surface area contributed by atoms with Crippen molar-refractivity contribution >= 4 is 0 Å². The molecule has 1 aliphatic carbocycles. The molecule has 0 saturated heterocycles. The zero-order valence-electron chi connectivity index (χ0n) is 16.4. The van der Waals surface area contributed by atoms with Crippen molar-refractivity contribution < 1.29 is 5.11 Å². The maximum atomic E-state index is 10.7. The predicted molar refractivity (Wildman–Crippen MR) is 107 cm³/mol. The number of benzene rings is 2. The number of aromatic hydroxyl groups is 1. The van der Waals surface area contributed by atoms with Crippen molar-refractivity contribution in [2.75, 3.05) is 0 Å². The van der Waals surface area contributed by atoms with E-state index in [1.165, 1.54) is 39.0 Å². The normalized spacial score (nSPS) is 15.5. The zero-order valence-corrected chi connectivity index (χ0v) is 16.4. The summed E-state index contributed by atoms with van der Waals surface area (Å²) in [5.74, 6) is 0.695. The van der Waals surface area contributed by atoms with Gasteiger partial charge in [-0.25, -0.2) is 0 Å². The van der Waals surface area contributed by atoms with Gasteiger partial charge in [-0.3, -0.25) is 0 Å². The van der Waals surface area contributed by atoms with E-state index in [1.807, 2.05) is 13.0 Å². The minimum atomic E-state index is 0.301. The number of rotatable bonds is 2. The Labute approximate surface area is 151 Å². The van der Waals surface area contributed by atoms with Crippen molar-refractivity contribution in [3.8, 4) is 16.9 Å². The number of phenols is 1. The van der Waals surface area contributed by atoms with Crippen LogP contribution in [-0.4, -0.2) is 5.11 Å². The van der Waals surface area contributed by atoms with E-state index >= 15 is 0 Å². The van der Waals surface area contributed by atoms with E-state index in [0.717, 1.165) is 16.7 Å². The van der Waals surface area contributed by atoms with Crippen LogP contribution in [0, 0.1) is 20.8 Å². The molecule has 25 heavy (non-hydrogen) atoms. The highest BCUT2D eigenvalue weighted by Crippen LogP contribution is 2.47. The second kappa shape index (κ2) is 6.22. The Balaban J connectivity index is 2.30. The van der Waals surface area contributed by atoms with E-state index in [4.69, 9.17) is 0 Å². The minimum absolute atomic E-state index is 0.301. The smallest absolute Gasteiger partial charge is 0.126 e. The maximum Gasteiger partial charge on any atom is 0.126 e. The van der Waals surface area contributed by atoms with Gasteiger partial charge in [0.05, 0.1) is 0 Å². The zero-order chi connectivity index (χ0) is 18.5. The van der Waals surface area contributed by atoms with Gasteiger partial charge in [0.15, 0.2) is 0 Å². The van der Waals surface area contributed by atoms with Gasteiger partial charge in [0.1, 0.15) is 5.75 Å². The average molecular weight is 332 g/mol. The lowest BCUT2D eigenvalue weighted by Gasteiger charge is -2.22. The van der Waals surface area contributed by atoms with E-state index in [-0.39, 0.29) is 0 Å². The molecule has 3 rings (SSSR count). The second-order valence-electron chi connectivity index (χ2n) is 7.62. The highest BCUT2D eigenvalue weighted by molar-refractivity contribution is 5.77. The lowest BCUT2D eigenvalue weighted by molar-refractivity contribution is 0.473. The van der Waals surface area contributed by atoms with Crippen LogP contribution in [0.15, 0.2) is 52.6 Å². The molecular weight excluding hydrogens is 304 g/mol. The molecule has 0 atom stereocenters. The number of allylic oxidation sites excluding steroid dienone is 4. The third-order valence-corrected chi connectivity index (χ3v) is 5.86. The van der Waals surface area contributed by atoms with Gasteiger partial charge in [-0.15, -0.1) is 0 Å². The SMILES string of the molecule is CC1=C(C)C(c2cc(C)ccc2-c2cc(C)cc(C)c2O)C(C)=C1C. The van der Waals surface area contributed by atoms with E-state index in [0.29, 0.717) is 11.7 Å². The van der Waals surface area contributed by atoms with Crippen molar-refractivity contribution in [3.63, 3.8) is 0 Å². The quantitative estimate of drug-likeness (QED) is 0.644. The molecule has 1 nitrogen and oxygen atoms in total. The largest absolute Gasteiger partial charge is 0.507 e. The monoisotopic (exact) mass is 332 g/mol. The molecule has 0 radical (unpaired) electrons. The summed E-state index contributed by atoms with van der Waals surface area (Å²) in [7, 11) is 0. The van der Waals surface area contributed by atoms with Gasteiger partial charge in [0.2, 0.25) is 0 Å². The van der Waals surface area contributed by atoms with Crippen LogP contribution in [0.3, 0.4) is 0 Å². The van der Waals surface area contributed by atoms with Crippen molar-refractivity contribution in [1.29, 1.82) is 0 Å². The first-order valence-corrected chi connectivity index (χ1v) is 8.98. The van der Waals surface area contributed by atoms with E-state index in [2.05, 4.69) is 65.8 Å². The fraction of sp³-hybridized carbons (Fsp3) is 0.333. The molecule has 1 heteroatoms. The first-order valence-electron chi connectivity index (χ1n) is 8.98. The molecule has 0 aromatic heterocycles. The van der Waals surface area contributed by atoms with Crippen LogP contribution in [0.1, 0.15) is 55.9 Å². The lowest BCUT2D eigenvalue weighted by Crippen LogP contribution is -2.03. The molecule has 0 heterocycles. The molecule has 1 aliphatic rings. The molecule has 0 bridgehead atoms. The van der Waals surface area contributed by atoms with Gasteiger partial charge in [-0.1, -0.05) is 41.0 Å². The van der Waals surface area contributed by atoms with Gasteiger partial charge in [-0.05, 0) is 87.9 Å². The molecule has 2 aromatic rings. The summed E-state index contributed by atoms with van der Waals surface area (Å²) >= 11 is 0. The first kappa shape index (κ1) is 17.5. The third-order valence-electron chi connectivity index (χ3n) is 5.86. The van der Waals surface area contributed by atoms with Crippen LogP contribution >= 0.6 is 0 Å². The fourth-order valence-corrected chi connectivity index (χ4v) is 4.15. The number of hydrogen-bond donors (Lipinski definition) is 1. The van der Waals surface area contributed by atoms with Gasteiger partial charge < -0.3 is 5.11 Å². The Bertz CT molecular complexity index is 901. The molecular formula is C24H28O. The molecule has 2 aromatic carbocycles. The number of aryl methyl sites for hydroxylation is 3. The van der Waals surface area contributed by atoms with Crippen LogP contribution in [0.25, 0.3) is 11.1 Å². The Morgan fingerprint density at radius 1 is 0.680 bits per heavy atom. The molecule has 0 saturated carbocycles. The summed E-state index contributed by atoms with van der Waals surface area (Å²) in [5, 5.41) is 10.7. The van der Waals surface area contributed by atoms with Gasteiger partial charge in [-0.2, -0.15) is 0 Å². The van der Waals surface area contributed by atoms with Crippen molar-refractivity contribution in [3.05, 3.63) is 74.9 Å². The van der Waals surface area contributed by atoms with Crippen molar-refractivity contribution in [1.82, 2.24) is 0 Å². The third kappa shape index (κ3) is 2.82. The van der Waals surface area contributed by atoms with E-state index < -0.39 is 0 Å². The topological polar surface area (TPSA) is 20.2 Å². The van der Waals surface area contributed by atoms with Gasteiger partial charge in [0, 0.05) is 11.5 Å². The summed E-state index contributed by atoms with van der Waals surface area (Å²) in [4.78, 5) is 0. The number of phenolic OH excluding ortho intramolecular Hbond substituents is 1. The van der Waals surface area contributed by atoms with Crippen molar-refractivity contribution in [2.45, 2.75) is 54.4 Å². The molecule has 130 valence electrons. The van der Waals surface area contributed by atoms with Crippen LogP contribution < -0.4 is 0 Å². The Morgan fingerprint density at radius 3 is 1.88 bits per heavy atom. The van der Waals surface area contributed by atoms with Crippen molar-refractivity contribution in [2.24, 2.45) is 0 Å². The second-order valence-corrected chi connectivity index (χ2v) is 7.62. The summed E-state index contributed by atoms with van der Waals surface area (Å²) in [6.45, 7) is 15.1. The lowest BCUT2D eigenvalue weighted by atomic mass is 9.82. The maximum absolute atomic E-state index is 10.7. The molecule has 0 amide bonds. The highest BCUT2D eigenvalue weighted by atomic mass is 16.3. The Morgan fingerprint density at radius 2 is 1.28 bits per heavy atom. The Kier molecular flexibility index (Phi) is 4.36. The molecule has 0 unspecified atom stereocenters. The summed E-state index contributed by atoms with van der Waals surface area (Å²) in [6.07, 6.45) is 0. The highest BCUT2D eigenvalue weighted by Gasteiger charge is 2.28. The number of hydrogen-bond acceptors (Lipinski definition) is 1. The Hall–Kier alpha value is -2.28. The van der Waals surface area contributed by atoms with Gasteiger partial charge in [0.25, 0.3) is 0 Å². The van der Waals surface area contributed by atoms with Crippen LogP contribution in [0.4, 0.5) is 0 Å².